The van der Waals surface area contributed by atoms with Crippen LogP contribution in [0.15, 0.2) is 9.90 Å². The Labute approximate surface area is 116 Å². The van der Waals surface area contributed by atoms with Gasteiger partial charge in [0.25, 0.3) is 5.89 Å². The van der Waals surface area contributed by atoms with Gasteiger partial charge >= 0.3 is 0 Å². The molecule has 2 heterocycles. The van der Waals surface area contributed by atoms with Crippen molar-refractivity contribution in [1.82, 2.24) is 15.1 Å². The first-order chi connectivity index (χ1) is 9.36. The predicted molar refractivity (Wildman–Crippen MR) is 73.7 cm³/mol. The summed E-state index contributed by atoms with van der Waals surface area (Å²) in [6.07, 6.45) is 7.53. The largest absolute Gasteiger partial charge is 0.332 e. The van der Waals surface area contributed by atoms with E-state index in [2.05, 4.69) is 15.1 Å². The average molecular weight is 278 g/mol. The highest BCUT2D eigenvalue weighted by Crippen LogP contribution is 2.31. The van der Waals surface area contributed by atoms with Crippen LogP contribution in [0.25, 0.3) is 11.6 Å². The maximum absolute atomic E-state index is 5.56. The van der Waals surface area contributed by atoms with E-state index in [-0.39, 0.29) is 0 Å². The molecule has 102 valence electrons. The van der Waals surface area contributed by atoms with Crippen molar-refractivity contribution >= 4 is 11.3 Å². The predicted octanol–water partition coefficient (Wildman–Crippen LogP) is 3.09. The molecule has 19 heavy (non-hydrogen) atoms. The number of rotatable bonds is 3. The van der Waals surface area contributed by atoms with E-state index >= 15 is 0 Å². The lowest BCUT2D eigenvalue weighted by molar-refractivity contribution is 0.409. The Kier molecular flexibility index (Phi) is 3.89. The lowest BCUT2D eigenvalue weighted by Gasteiger charge is -2.07. The lowest BCUT2D eigenvalue weighted by Crippen LogP contribution is -1.99. The van der Waals surface area contributed by atoms with Gasteiger partial charge < -0.3 is 10.3 Å². The SMILES string of the molecule is NCc1nc(-c2nc(C3CCCCCC3)no2)cs1. The number of nitrogens with two attached hydrogens (primary N) is 1. The second kappa shape index (κ2) is 5.79. The van der Waals surface area contributed by atoms with Crippen LogP contribution in [0, 0.1) is 0 Å². The summed E-state index contributed by atoms with van der Waals surface area (Å²) in [5, 5.41) is 6.96. The second-order valence-corrected chi connectivity index (χ2v) is 5.92. The minimum absolute atomic E-state index is 0.451. The van der Waals surface area contributed by atoms with Gasteiger partial charge in [0.2, 0.25) is 0 Å². The normalized spacial score (nSPS) is 17.5. The Hall–Kier alpha value is -1.27. The topological polar surface area (TPSA) is 77.8 Å². The monoisotopic (exact) mass is 278 g/mol. The van der Waals surface area contributed by atoms with Gasteiger partial charge in [0.15, 0.2) is 5.82 Å². The summed E-state index contributed by atoms with van der Waals surface area (Å²) < 4.78 is 5.34. The molecule has 5 nitrogen and oxygen atoms in total. The Morgan fingerprint density at radius 2 is 2.00 bits per heavy atom. The van der Waals surface area contributed by atoms with Crippen molar-refractivity contribution in [2.24, 2.45) is 5.73 Å². The molecule has 2 aromatic heterocycles. The maximum Gasteiger partial charge on any atom is 0.277 e. The van der Waals surface area contributed by atoms with Gasteiger partial charge in [-0.3, -0.25) is 0 Å². The van der Waals surface area contributed by atoms with Crippen LogP contribution >= 0.6 is 11.3 Å². The minimum atomic E-state index is 0.451. The molecule has 0 amide bonds. The number of aromatic nitrogens is 3. The van der Waals surface area contributed by atoms with E-state index in [9.17, 15) is 0 Å². The van der Waals surface area contributed by atoms with Crippen molar-refractivity contribution in [3.8, 4) is 11.6 Å². The molecule has 0 aliphatic heterocycles. The summed E-state index contributed by atoms with van der Waals surface area (Å²) >= 11 is 1.53. The molecule has 0 unspecified atom stereocenters. The molecule has 2 aromatic rings. The zero-order chi connectivity index (χ0) is 13.1. The van der Waals surface area contributed by atoms with Gasteiger partial charge in [-0.2, -0.15) is 4.98 Å². The van der Waals surface area contributed by atoms with Crippen molar-refractivity contribution in [3.63, 3.8) is 0 Å². The number of hydrogen-bond acceptors (Lipinski definition) is 6. The van der Waals surface area contributed by atoms with E-state index in [0.29, 0.717) is 18.4 Å². The maximum atomic E-state index is 5.56. The average Bonchev–Trinajstić information content (AvgIpc) is 3.02. The highest BCUT2D eigenvalue weighted by molar-refractivity contribution is 7.09. The van der Waals surface area contributed by atoms with Crippen molar-refractivity contribution in [2.45, 2.75) is 51.0 Å². The van der Waals surface area contributed by atoms with Gasteiger partial charge in [0.05, 0.1) is 0 Å². The van der Waals surface area contributed by atoms with E-state index < -0.39 is 0 Å². The third kappa shape index (κ3) is 2.84. The number of hydrogen-bond donors (Lipinski definition) is 1. The van der Waals surface area contributed by atoms with Crippen LogP contribution in [0.4, 0.5) is 0 Å². The van der Waals surface area contributed by atoms with Gasteiger partial charge in [0.1, 0.15) is 10.7 Å². The van der Waals surface area contributed by atoms with Gasteiger partial charge in [-0.25, -0.2) is 4.98 Å². The quantitative estimate of drug-likeness (QED) is 0.873. The van der Waals surface area contributed by atoms with Crippen LogP contribution in [0.5, 0.6) is 0 Å². The second-order valence-electron chi connectivity index (χ2n) is 4.98. The van der Waals surface area contributed by atoms with E-state index in [1.54, 1.807) is 0 Å². The van der Waals surface area contributed by atoms with Crippen LogP contribution in [-0.4, -0.2) is 15.1 Å². The zero-order valence-electron chi connectivity index (χ0n) is 10.8. The van der Waals surface area contributed by atoms with Crippen molar-refractivity contribution in [2.75, 3.05) is 0 Å². The number of thiazole rings is 1. The zero-order valence-corrected chi connectivity index (χ0v) is 11.7. The fourth-order valence-corrected chi connectivity index (χ4v) is 3.19. The molecule has 0 radical (unpaired) electrons. The highest BCUT2D eigenvalue weighted by Gasteiger charge is 2.21. The van der Waals surface area contributed by atoms with Crippen LogP contribution in [-0.2, 0) is 6.54 Å². The summed E-state index contributed by atoms with van der Waals surface area (Å²) in [7, 11) is 0. The first-order valence-electron chi connectivity index (χ1n) is 6.85. The smallest absolute Gasteiger partial charge is 0.277 e. The minimum Gasteiger partial charge on any atom is -0.332 e. The van der Waals surface area contributed by atoms with Crippen LogP contribution in [0.1, 0.15) is 55.3 Å². The number of nitrogens with zero attached hydrogens (tertiary/aromatic N) is 3. The van der Waals surface area contributed by atoms with Crippen LogP contribution in [0.3, 0.4) is 0 Å². The Bertz CT molecular complexity index is 528. The third-order valence-corrected chi connectivity index (χ3v) is 4.48. The van der Waals surface area contributed by atoms with Crippen LogP contribution < -0.4 is 5.73 Å². The summed E-state index contributed by atoms with van der Waals surface area (Å²) in [6, 6.07) is 0. The van der Waals surface area contributed by atoms with Crippen LogP contribution in [0.2, 0.25) is 0 Å². The summed E-state index contributed by atoms with van der Waals surface area (Å²) in [5.74, 6) is 1.82. The van der Waals surface area contributed by atoms with Gasteiger partial charge in [-0.05, 0) is 12.8 Å². The molecule has 0 saturated heterocycles. The molecule has 0 spiro atoms. The first-order valence-corrected chi connectivity index (χ1v) is 7.73. The molecule has 1 fully saturated rings. The molecule has 6 heteroatoms. The van der Waals surface area contributed by atoms with E-state index in [1.807, 2.05) is 5.38 Å². The third-order valence-electron chi connectivity index (χ3n) is 3.61. The summed E-state index contributed by atoms with van der Waals surface area (Å²) in [6.45, 7) is 0.453. The summed E-state index contributed by atoms with van der Waals surface area (Å²) in [5.41, 5.74) is 6.31. The summed E-state index contributed by atoms with van der Waals surface area (Å²) in [4.78, 5) is 8.89. The molecule has 1 aliphatic rings. The molecule has 2 N–H and O–H groups in total. The Morgan fingerprint density at radius 3 is 2.68 bits per heavy atom. The fourth-order valence-electron chi connectivity index (χ4n) is 2.55. The highest BCUT2D eigenvalue weighted by atomic mass is 32.1. The molecule has 0 bridgehead atoms. The van der Waals surface area contributed by atoms with Gasteiger partial charge in [0, 0.05) is 17.8 Å². The molecule has 1 aliphatic carbocycles. The van der Waals surface area contributed by atoms with Crippen molar-refractivity contribution in [3.05, 3.63) is 16.2 Å². The van der Waals surface area contributed by atoms with E-state index in [4.69, 9.17) is 10.3 Å². The molecule has 0 atom stereocenters. The molecule has 0 aromatic carbocycles. The van der Waals surface area contributed by atoms with E-state index in [0.717, 1.165) is 16.5 Å². The lowest BCUT2D eigenvalue weighted by atomic mass is 10.00. The molecule has 3 rings (SSSR count). The molecule has 1 saturated carbocycles. The molecular formula is C13H18N4OS. The Morgan fingerprint density at radius 1 is 1.21 bits per heavy atom. The Balaban J connectivity index is 1.78. The fraction of sp³-hybridized carbons (Fsp3) is 0.615. The standard InChI is InChI=1S/C13H18N4OS/c14-7-11-15-10(8-19-11)13-16-12(17-18-13)9-5-3-1-2-4-6-9/h8-9H,1-7,14H2. The van der Waals surface area contributed by atoms with E-state index in [1.165, 1.54) is 49.9 Å². The van der Waals surface area contributed by atoms with Crippen molar-refractivity contribution in [1.29, 1.82) is 0 Å². The first kappa shape index (κ1) is 12.7. The van der Waals surface area contributed by atoms with Crippen molar-refractivity contribution < 1.29 is 4.52 Å². The molecular weight excluding hydrogens is 260 g/mol. The van der Waals surface area contributed by atoms with Gasteiger partial charge in [-0.1, -0.05) is 30.8 Å². The van der Waals surface area contributed by atoms with Gasteiger partial charge in [-0.15, -0.1) is 11.3 Å².